The summed E-state index contributed by atoms with van der Waals surface area (Å²) in [6, 6.07) is 7.29. The summed E-state index contributed by atoms with van der Waals surface area (Å²) in [6.07, 6.45) is 0.338. The van der Waals surface area contributed by atoms with Gasteiger partial charge in [-0.05, 0) is 25.5 Å². The van der Waals surface area contributed by atoms with Crippen molar-refractivity contribution in [2.45, 2.75) is 26.3 Å². The number of hydrogen-bond acceptors (Lipinski definition) is 3. The molecule has 0 bridgehead atoms. The molecule has 0 heterocycles. The molecule has 5 heteroatoms. The number of hydrogen-bond donors (Lipinski definition) is 2. The smallest absolute Gasteiger partial charge is 0.254 e. The van der Waals surface area contributed by atoms with Gasteiger partial charge in [-0.1, -0.05) is 23.4 Å². The standard InChI is InChI=1S/C13H19N3O2/c1-9-6-4-5-7-11(9)13(17)16(3)10(2)8-12(14)15-18/h4-7,10,18H,8H2,1-3H3,(H2,14,15). The molecule has 1 aromatic rings. The Morgan fingerprint density at radius 2 is 2.11 bits per heavy atom. The molecule has 0 saturated carbocycles. The van der Waals surface area contributed by atoms with E-state index in [1.165, 1.54) is 0 Å². The second kappa shape index (κ2) is 6.05. The first-order chi connectivity index (χ1) is 8.47. The van der Waals surface area contributed by atoms with Crippen LogP contribution in [0.2, 0.25) is 0 Å². The van der Waals surface area contributed by atoms with E-state index in [9.17, 15) is 4.79 Å². The van der Waals surface area contributed by atoms with Gasteiger partial charge in [-0.25, -0.2) is 0 Å². The number of amides is 1. The van der Waals surface area contributed by atoms with Crippen LogP contribution in [0.4, 0.5) is 0 Å². The molecule has 1 aromatic carbocycles. The second-order valence-corrected chi connectivity index (χ2v) is 4.38. The minimum Gasteiger partial charge on any atom is -0.409 e. The summed E-state index contributed by atoms with van der Waals surface area (Å²) in [5.41, 5.74) is 7.05. The van der Waals surface area contributed by atoms with Gasteiger partial charge in [0.05, 0.1) is 0 Å². The quantitative estimate of drug-likeness (QED) is 0.368. The lowest BCUT2D eigenvalue weighted by Gasteiger charge is -2.25. The van der Waals surface area contributed by atoms with Crippen molar-refractivity contribution in [2.24, 2.45) is 10.9 Å². The van der Waals surface area contributed by atoms with Crippen molar-refractivity contribution < 1.29 is 10.0 Å². The van der Waals surface area contributed by atoms with Crippen molar-refractivity contribution in [3.05, 3.63) is 35.4 Å². The summed E-state index contributed by atoms with van der Waals surface area (Å²) in [4.78, 5) is 13.9. The van der Waals surface area contributed by atoms with Crippen LogP contribution in [0, 0.1) is 6.92 Å². The topological polar surface area (TPSA) is 78.9 Å². The summed E-state index contributed by atoms with van der Waals surface area (Å²) in [5.74, 6) is 0.0540. The Kier molecular flexibility index (Phi) is 4.71. The summed E-state index contributed by atoms with van der Waals surface area (Å²) in [5, 5.41) is 11.4. The van der Waals surface area contributed by atoms with Crippen LogP contribution < -0.4 is 5.73 Å². The van der Waals surface area contributed by atoms with Crippen molar-refractivity contribution in [1.82, 2.24) is 4.90 Å². The Balaban J connectivity index is 2.81. The third-order valence-electron chi connectivity index (χ3n) is 2.99. The number of carbonyl (C=O) groups excluding carboxylic acids is 1. The lowest BCUT2D eigenvalue weighted by atomic mass is 10.1. The van der Waals surface area contributed by atoms with Crippen molar-refractivity contribution in [3.8, 4) is 0 Å². The maximum Gasteiger partial charge on any atom is 0.254 e. The summed E-state index contributed by atoms with van der Waals surface area (Å²) >= 11 is 0. The number of benzene rings is 1. The molecule has 98 valence electrons. The molecule has 1 atom stereocenters. The summed E-state index contributed by atoms with van der Waals surface area (Å²) < 4.78 is 0. The molecule has 1 rings (SSSR count). The van der Waals surface area contributed by atoms with Gasteiger partial charge in [-0.3, -0.25) is 4.79 Å². The van der Waals surface area contributed by atoms with Gasteiger partial charge >= 0.3 is 0 Å². The Bertz CT molecular complexity index is 457. The number of aryl methyl sites for hydroxylation is 1. The van der Waals surface area contributed by atoms with Crippen LogP contribution in [0.3, 0.4) is 0 Å². The van der Waals surface area contributed by atoms with Crippen molar-refractivity contribution in [2.75, 3.05) is 7.05 Å². The first kappa shape index (κ1) is 14.0. The molecule has 1 amide bonds. The van der Waals surface area contributed by atoms with E-state index < -0.39 is 0 Å². The zero-order chi connectivity index (χ0) is 13.7. The molecule has 0 aliphatic carbocycles. The predicted molar refractivity (Wildman–Crippen MR) is 70.8 cm³/mol. The van der Waals surface area contributed by atoms with E-state index in [0.717, 1.165) is 5.56 Å². The molecule has 1 unspecified atom stereocenters. The Morgan fingerprint density at radius 1 is 1.50 bits per heavy atom. The molecule has 18 heavy (non-hydrogen) atoms. The van der Waals surface area contributed by atoms with Crippen LogP contribution in [0.5, 0.6) is 0 Å². The molecule has 0 spiro atoms. The third-order valence-corrected chi connectivity index (χ3v) is 2.99. The number of rotatable bonds is 4. The number of nitrogens with two attached hydrogens (primary N) is 1. The van der Waals surface area contributed by atoms with Crippen molar-refractivity contribution in [1.29, 1.82) is 0 Å². The molecule has 3 N–H and O–H groups in total. The van der Waals surface area contributed by atoms with Gasteiger partial charge in [-0.15, -0.1) is 0 Å². The van der Waals surface area contributed by atoms with Gasteiger partial charge in [0.2, 0.25) is 0 Å². The number of oxime groups is 1. The third kappa shape index (κ3) is 3.23. The molecule has 5 nitrogen and oxygen atoms in total. The Morgan fingerprint density at radius 3 is 2.67 bits per heavy atom. The fraction of sp³-hybridized carbons (Fsp3) is 0.385. The highest BCUT2D eigenvalue weighted by molar-refractivity contribution is 5.96. The van der Waals surface area contributed by atoms with E-state index in [1.54, 1.807) is 18.0 Å². The first-order valence-corrected chi connectivity index (χ1v) is 5.76. The van der Waals surface area contributed by atoms with Gasteiger partial charge in [-0.2, -0.15) is 0 Å². The molecular formula is C13H19N3O2. The molecule has 0 saturated heterocycles. The average molecular weight is 249 g/mol. The van der Waals surface area contributed by atoms with Crippen molar-refractivity contribution in [3.63, 3.8) is 0 Å². The molecule has 0 fully saturated rings. The number of carbonyl (C=O) groups is 1. The molecule has 0 aromatic heterocycles. The van der Waals surface area contributed by atoms with Crippen LogP contribution >= 0.6 is 0 Å². The van der Waals surface area contributed by atoms with E-state index in [1.807, 2.05) is 32.0 Å². The van der Waals surface area contributed by atoms with Gasteiger partial charge in [0.15, 0.2) is 0 Å². The normalized spacial score (nSPS) is 13.2. The average Bonchev–Trinajstić information content (AvgIpc) is 2.37. The number of amidine groups is 1. The largest absolute Gasteiger partial charge is 0.409 e. The van der Waals surface area contributed by atoms with E-state index in [0.29, 0.717) is 12.0 Å². The van der Waals surface area contributed by atoms with Crippen LogP contribution in [-0.2, 0) is 0 Å². The highest BCUT2D eigenvalue weighted by Crippen LogP contribution is 2.12. The van der Waals surface area contributed by atoms with Gasteiger partial charge in [0, 0.05) is 25.1 Å². The van der Waals surface area contributed by atoms with Gasteiger partial charge in [0.25, 0.3) is 5.91 Å². The minimum atomic E-state index is -0.131. The lowest BCUT2D eigenvalue weighted by Crippen LogP contribution is -2.38. The molecular weight excluding hydrogens is 230 g/mol. The van der Waals surface area contributed by atoms with E-state index in [4.69, 9.17) is 10.9 Å². The summed E-state index contributed by atoms with van der Waals surface area (Å²) in [6.45, 7) is 3.75. The van der Waals surface area contributed by atoms with E-state index >= 15 is 0 Å². The predicted octanol–water partition coefficient (Wildman–Crippen LogP) is 1.59. The fourth-order valence-electron chi connectivity index (χ4n) is 1.68. The Labute approximate surface area is 107 Å². The fourth-order valence-corrected chi connectivity index (χ4v) is 1.68. The minimum absolute atomic E-state index is 0.0636. The Hall–Kier alpha value is -2.04. The zero-order valence-electron chi connectivity index (χ0n) is 10.9. The first-order valence-electron chi connectivity index (χ1n) is 5.76. The van der Waals surface area contributed by atoms with Crippen LogP contribution in [0.15, 0.2) is 29.4 Å². The molecule has 0 radical (unpaired) electrons. The highest BCUT2D eigenvalue weighted by Gasteiger charge is 2.19. The van der Waals surface area contributed by atoms with Crippen LogP contribution in [0.25, 0.3) is 0 Å². The molecule has 0 aliphatic rings. The van der Waals surface area contributed by atoms with Gasteiger partial charge < -0.3 is 15.8 Å². The maximum absolute atomic E-state index is 12.3. The lowest BCUT2D eigenvalue weighted by molar-refractivity contribution is 0.0746. The number of nitrogens with zero attached hydrogens (tertiary/aromatic N) is 2. The van der Waals surface area contributed by atoms with E-state index in [-0.39, 0.29) is 17.8 Å². The van der Waals surface area contributed by atoms with Crippen LogP contribution in [0.1, 0.15) is 29.3 Å². The zero-order valence-corrected chi connectivity index (χ0v) is 10.9. The molecule has 0 aliphatic heterocycles. The van der Waals surface area contributed by atoms with Gasteiger partial charge in [0.1, 0.15) is 5.84 Å². The SMILES string of the molecule is Cc1ccccc1C(=O)N(C)C(C)CC(N)=NO. The maximum atomic E-state index is 12.3. The van der Waals surface area contributed by atoms with Crippen LogP contribution in [-0.4, -0.2) is 34.9 Å². The monoisotopic (exact) mass is 249 g/mol. The van der Waals surface area contributed by atoms with E-state index in [2.05, 4.69) is 5.16 Å². The second-order valence-electron chi connectivity index (χ2n) is 4.38. The van der Waals surface area contributed by atoms with Crippen molar-refractivity contribution >= 4 is 11.7 Å². The highest BCUT2D eigenvalue weighted by atomic mass is 16.4. The summed E-state index contributed by atoms with van der Waals surface area (Å²) in [7, 11) is 1.71.